The summed E-state index contributed by atoms with van der Waals surface area (Å²) in [6, 6.07) is 12.6. The third-order valence-electron chi connectivity index (χ3n) is 3.17. The van der Waals surface area contributed by atoms with E-state index >= 15 is 0 Å². The summed E-state index contributed by atoms with van der Waals surface area (Å²) in [5, 5.41) is 3.44. The average molecular weight is 386 g/mol. The van der Waals surface area contributed by atoms with E-state index in [0.29, 0.717) is 5.92 Å². The van der Waals surface area contributed by atoms with E-state index in [0.717, 1.165) is 22.2 Å². The van der Waals surface area contributed by atoms with Crippen LogP contribution >= 0.6 is 31.9 Å². The number of benzene rings is 2. The second-order valence-electron chi connectivity index (χ2n) is 4.77. The molecule has 1 unspecified atom stereocenters. The number of rotatable bonds is 6. The van der Waals surface area contributed by atoms with Gasteiger partial charge < -0.3 is 4.74 Å². The summed E-state index contributed by atoms with van der Waals surface area (Å²) in [6.07, 6.45) is 2.40. The first-order chi connectivity index (χ1) is 9.22. The van der Waals surface area contributed by atoms with Gasteiger partial charge in [0.25, 0.3) is 0 Å². The van der Waals surface area contributed by atoms with Gasteiger partial charge in [0.1, 0.15) is 5.75 Å². The van der Waals surface area contributed by atoms with Crippen molar-refractivity contribution in [3.8, 4) is 5.75 Å². The lowest BCUT2D eigenvalue weighted by molar-refractivity contribution is 0.255. The van der Waals surface area contributed by atoms with Gasteiger partial charge in [-0.1, -0.05) is 57.3 Å². The van der Waals surface area contributed by atoms with Crippen molar-refractivity contribution in [2.75, 3.05) is 11.9 Å². The van der Waals surface area contributed by atoms with E-state index in [-0.39, 0.29) is 0 Å². The number of ether oxygens (including phenoxy) is 1. The molecule has 0 heterocycles. The Bertz CT molecular complexity index is 539. The summed E-state index contributed by atoms with van der Waals surface area (Å²) < 4.78 is 7.02. The van der Waals surface area contributed by atoms with Gasteiger partial charge in [-0.25, -0.2) is 0 Å². The van der Waals surface area contributed by atoms with Crippen LogP contribution in [0.3, 0.4) is 0 Å². The van der Waals surface area contributed by atoms with Crippen LogP contribution in [0, 0.1) is 5.92 Å². The maximum absolute atomic E-state index is 5.91. The van der Waals surface area contributed by atoms with Gasteiger partial charge in [0.2, 0.25) is 0 Å². The molecule has 0 saturated carbocycles. The van der Waals surface area contributed by atoms with Crippen LogP contribution in [-0.2, 0) is 0 Å². The highest BCUT2D eigenvalue weighted by Crippen LogP contribution is 2.24. The van der Waals surface area contributed by atoms with Crippen molar-refractivity contribution in [3.05, 3.63) is 40.9 Å². The first-order valence-electron chi connectivity index (χ1n) is 6.61. The smallest absolute Gasteiger partial charge is 0.119 e. The average Bonchev–Trinajstić information content (AvgIpc) is 2.43. The molecule has 1 nitrogen and oxygen atoms in total. The Labute approximate surface area is 131 Å². The first kappa shape index (κ1) is 14.9. The van der Waals surface area contributed by atoms with Crippen molar-refractivity contribution < 1.29 is 4.74 Å². The van der Waals surface area contributed by atoms with Crippen molar-refractivity contribution in [3.63, 3.8) is 0 Å². The van der Waals surface area contributed by atoms with Crippen molar-refractivity contribution in [2.24, 2.45) is 5.92 Å². The fourth-order valence-corrected chi connectivity index (χ4v) is 3.00. The fraction of sp³-hybridized carbons (Fsp3) is 0.375. The fourth-order valence-electron chi connectivity index (χ4n) is 2.11. The minimum Gasteiger partial charge on any atom is -0.493 e. The molecule has 0 N–H and O–H groups in total. The Kier molecular flexibility index (Phi) is 5.71. The molecule has 0 spiro atoms. The molecule has 1 atom stereocenters. The summed E-state index contributed by atoms with van der Waals surface area (Å²) in [5.74, 6) is 1.54. The zero-order chi connectivity index (χ0) is 13.7. The normalized spacial score (nSPS) is 12.6. The highest BCUT2D eigenvalue weighted by Gasteiger charge is 2.07. The van der Waals surface area contributed by atoms with Gasteiger partial charge in [-0.15, -0.1) is 0 Å². The van der Waals surface area contributed by atoms with Crippen molar-refractivity contribution >= 4 is 42.6 Å². The second-order valence-corrected chi connectivity index (χ2v) is 6.34. The lowest BCUT2D eigenvalue weighted by Crippen LogP contribution is -2.13. The van der Waals surface area contributed by atoms with Gasteiger partial charge in [0.15, 0.2) is 0 Å². The highest BCUT2D eigenvalue weighted by molar-refractivity contribution is 9.10. The lowest BCUT2D eigenvalue weighted by atomic mass is 10.1. The maximum atomic E-state index is 5.91. The largest absolute Gasteiger partial charge is 0.493 e. The molecule has 0 radical (unpaired) electrons. The molecule has 0 aliphatic heterocycles. The van der Waals surface area contributed by atoms with Gasteiger partial charge >= 0.3 is 0 Å². The van der Waals surface area contributed by atoms with Gasteiger partial charge in [-0.2, -0.15) is 0 Å². The monoisotopic (exact) mass is 384 g/mol. The minimum atomic E-state index is 0.589. The highest BCUT2D eigenvalue weighted by atomic mass is 79.9. The zero-order valence-electron chi connectivity index (χ0n) is 11.0. The van der Waals surface area contributed by atoms with Crippen molar-refractivity contribution in [2.45, 2.75) is 19.8 Å². The third-order valence-corrected chi connectivity index (χ3v) is 4.58. The number of alkyl halides is 1. The Hall–Kier alpha value is -0.540. The maximum Gasteiger partial charge on any atom is 0.119 e. The number of hydrogen-bond acceptors (Lipinski definition) is 1. The van der Waals surface area contributed by atoms with Crippen LogP contribution in [0.1, 0.15) is 19.8 Å². The molecule has 19 heavy (non-hydrogen) atoms. The van der Waals surface area contributed by atoms with E-state index in [4.69, 9.17) is 4.74 Å². The molecular formula is C16H18Br2O. The second kappa shape index (κ2) is 7.30. The molecule has 2 aromatic carbocycles. The molecule has 3 heteroatoms. The van der Waals surface area contributed by atoms with Crippen molar-refractivity contribution in [1.29, 1.82) is 0 Å². The summed E-state index contributed by atoms with van der Waals surface area (Å²) in [4.78, 5) is 0. The number of hydrogen-bond donors (Lipinski definition) is 0. The quantitative estimate of drug-likeness (QED) is 0.571. The molecule has 0 aliphatic rings. The Morgan fingerprint density at radius 1 is 1.11 bits per heavy atom. The topological polar surface area (TPSA) is 9.23 Å². The SMILES string of the molecule is CCCC(CBr)COc1ccc2cc(Br)ccc2c1. The molecule has 0 fully saturated rings. The molecule has 0 aliphatic carbocycles. The van der Waals surface area contributed by atoms with E-state index < -0.39 is 0 Å². The van der Waals surface area contributed by atoms with Gasteiger partial charge in [-0.05, 0) is 41.5 Å². The lowest BCUT2D eigenvalue weighted by Gasteiger charge is -2.14. The third kappa shape index (κ3) is 4.22. The summed E-state index contributed by atoms with van der Waals surface area (Å²) in [6.45, 7) is 2.99. The van der Waals surface area contributed by atoms with E-state index in [1.165, 1.54) is 23.6 Å². The first-order valence-corrected chi connectivity index (χ1v) is 8.52. The van der Waals surface area contributed by atoms with Crippen LogP contribution in [0.15, 0.2) is 40.9 Å². The predicted molar refractivity (Wildman–Crippen MR) is 89.3 cm³/mol. The van der Waals surface area contributed by atoms with Crippen LogP contribution in [0.4, 0.5) is 0 Å². The standard InChI is InChI=1S/C16H18Br2O/c1-2-3-12(10-17)11-19-16-7-5-13-8-15(18)6-4-14(13)9-16/h4-9,12H,2-3,10-11H2,1H3. The molecule has 0 saturated heterocycles. The zero-order valence-corrected chi connectivity index (χ0v) is 14.2. The Morgan fingerprint density at radius 3 is 2.58 bits per heavy atom. The van der Waals surface area contributed by atoms with Crippen LogP contribution in [0.25, 0.3) is 10.8 Å². The van der Waals surface area contributed by atoms with Gasteiger partial charge in [0.05, 0.1) is 6.61 Å². The predicted octanol–water partition coefficient (Wildman–Crippen LogP) is 5.79. The molecule has 0 aromatic heterocycles. The van der Waals surface area contributed by atoms with Crippen LogP contribution in [0.2, 0.25) is 0 Å². The van der Waals surface area contributed by atoms with Crippen LogP contribution < -0.4 is 4.74 Å². The van der Waals surface area contributed by atoms with E-state index in [1.54, 1.807) is 0 Å². The van der Waals surface area contributed by atoms with Crippen LogP contribution in [0.5, 0.6) is 5.75 Å². The minimum absolute atomic E-state index is 0.589. The van der Waals surface area contributed by atoms with Gasteiger partial charge in [-0.3, -0.25) is 0 Å². The molecule has 0 bridgehead atoms. The van der Waals surface area contributed by atoms with E-state index in [9.17, 15) is 0 Å². The van der Waals surface area contributed by atoms with Crippen molar-refractivity contribution in [1.82, 2.24) is 0 Å². The van der Waals surface area contributed by atoms with E-state index in [1.807, 2.05) is 6.07 Å². The Morgan fingerprint density at radius 2 is 1.84 bits per heavy atom. The summed E-state index contributed by atoms with van der Waals surface area (Å²) in [7, 11) is 0. The van der Waals surface area contributed by atoms with E-state index in [2.05, 4.69) is 69.1 Å². The van der Waals surface area contributed by atoms with Crippen LogP contribution in [-0.4, -0.2) is 11.9 Å². The molecule has 2 rings (SSSR count). The Balaban J connectivity index is 2.07. The molecule has 102 valence electrons. The van der Waals surface area contributed by atoms with Gasteiger partial charge in [0, 0.05) is 15.7 Å². The molecule has 0 amide bonds. The summed E-state index contributed by atoms with van der Waals surface area (Å²) >= 11 is 7.04. The number of halogens is 2. The number of fused-ring (bicyclic) bond motifs is 1. The molecule has 2 aromatic rings. The molecular weight excluding hydrogens is 368 g/mol. The summed E-state index contributed by atoms with van der Waals surface area (Å²) in [5.41, 5.74) is 0.